The predicted molar refractivity (Wildman–Crippen MR) is 158 cm³/mol. The highest BCUT2D eigenvalue weighted by Crippen LogP contribution is 2.40. The molecule has 0 aliphatic carbocycles. The lowest BCUT2D eigenvalue weighted by atomic mass is 10.0. The average Bonchev–Trinajstić information content (AvgIpc) is 3.68. The number of hydrogen-bond donors (Lipinski definition) is 0. The summed E-state index contributed by atoms with van der Waals surface area (Å²) < 4.78 is 106. The summed E-state index contributed by atoms with van der Waals surface area (Å²) in [7, 11) is 0. The van der Waals surface area contributed by atoms with E-state index in [-0.39, 0.29) is 51.0 Å². The Morgan fingerprint density at radius 3 is 2.12 bits per heavy atom. The number of hydrogen-bond acceptors (Lipinski definition) is 8. The van der Waals surface area contributed by atoms with Crippen LogP contribution in [0.1, 0.15) is 24.5 Å². The molecule has 8 nitrogen and oxygen atoms in total. The Kier molecular flexibility index (Phi) is 7.21. The van der Waals surface area contributed by atoms with E-state index < -0.39 is 52.2 Å². The monoisotopic (exact) mass is 669 g/mol. The molecule has 0 unspecified atom stereocenters. The van der Waals surface area contributed by atoms with E-state index in [9.17, 15) is 32.5 Å². The molecule has 1 aliphatic rings. The van der Waals surface area contributed by atoms with Gasteiger partial charge in [-0.25, -0.2) is 42.5 Å². The fourth-order valence-electron chi connectivity index (χ4n) is 5.43. The van der Waals surface area contributed by atoms with Crippen LogP contribution in [-0.4, -0.2) is 15.0 Å². The van der Waals surface area contributed by atoms with Crippen LogP contribution in [0.2, 0.25) is 0 Å². The fraction of sp³-hybridized carbons (Fsp3) is 0.0882. The van der Waals surface area contributed by atoms with Crippen LogP contribution in [0.3, 0.4) is 0 Å². The smallest absolute Gasteiger partial charge is 0.422 e. The molecule has 0 N–H and O–H groups in total. The van der Waals surface area contributed by atoms with Crippen molar-refractivity contribution in [1.29, 1.82) is 10.5 Å². The molecule has 0 saturated heterocycles. The van der Waals surface area contributed by atoms with Crippen molar-refractivity contribution in [3.8, 4) is 46.3 Å². The van der Waals surface area contributed by atoms with Gasteiger partial charge in [0.15, 0.2) is 46.6 Å². The van der Waals surface area contributed by atoms with Crippen molar-refractivity contribution < 1.29 is 35.2 Å². The third-order valence-corrected chi connectivity index (χ3v) is 7.75. The molecule has 240 valence electrons. The minimum Gasteiger partial charge on any atom is -0.456 e. The number of nitriles is 2. The van der Waals surface area contributed by atoms with E-state index in [0.717, 1.165) is 5.39 Å². The van der Waals surface area contributed by atoms with E-state index in [1.807, 2.05) is 18.2 Å². The van der Waals surface area contributed by atoms with Gasteiger partial charge >= 0.3 is 6.18 Å². The first kappa shape index (κ1) is 31.1. The zero-order valence-corrected chi connectivity index (χ0v) is 24.6. The van der Waals surface area contributed by atoms with Gasteiger partial charge in [-0.2, -0.15) is 23.7 Å². The van der Waals surface area contributed by atoms with Crippen molar-refractivity contribution in [2.24, 2.45) is 9.98 Å². The van der Waals surface area contributed by atoms with Gasteiger partial charge < -0.3 is 4.42 Å². The van der Waals surface area contributed by atoms with Crippen molar-refractivity contribution in [3.63, 3.8) is 0 Å². The third kappa shape index (κ3) is 4.94. The summed E-state index contributed by atoms with van der Waals surface area (Å²) in [6.07, 6.45) is -5.49. The molecule has 6 aromatic rings. The van der Waals surface area contributed by atoms with Gasteiger partial charge in [-0.05, 0) is 36.8 Å². The number of fused-ring (bicyclic) bond motifs is 4. The first-order valence-electron chi connectivity index (χ1n) is 14.2. The maximum absolute atomic E-state index is 15.3. The van der Waals surface area contributed by atoms with E-state index in [1.54, 1.807) is 31.2 Å². The number of rotatable bonds is 4. The second kappa shape index (κ2) is 11.3. The highest BCUT2D eigenvalue weighted by Gasteiger charge is 2.43. The van der Waals surface area contributed by atoms with Gasteiger partial charge in [0, 0.05) is 21.9 Å². The Morgan fingerprint density at radius 2 is 1.45 bits per heavy atom. The van der Waals surface area contributed by atoms with Crippen LogP contribution in [0.5, 0.6) is 0 Å². The molecule has 2 aromatic heterocycles. The van der Waals surface area contributed by atoms with Crippen molar-refractivity contribution in [1.82, 2.24) is 15.0 Å². The van der Waals surface area contributed by atoms with Gasteiger partial charge in [0.05, 0.1) is 28.1 Å². The minimum absolute atomic E-state index is 0.0207. The van der Waals surface area contributed by atoms with E-state index in [4.69, 9.17) is 4.42 Å². The van der Waals surface area contributed by atoms with E-state index in [1.165, 1.54) is 24.3 Å². The second-order valence-corrected chi connectivity index (χ2v) is 10.6. The molecule has 49 heavy (non-hydrogen) atoms. The molecule has 0 saturated carbocycles. The Balaban J connectivity index is 1.52. The number of nitrogens with zero attached hydrogens (tertiary/aromatic N) is 7. The highest BCUT2D eigenvalue weighted by atomic mass is 19.4. The maximum Gasteiger partial charge on any atom is 0.422 e. The van der Waals surface area contributed by atoms with E-state index in [2.05, 4.69) is 24.9 Å². The standard InChI is InChI=1S/C34H14F7N7O/c1-2-14(12-42)30-44-20-10-9-18(19(13-43)29(20)45-30)32-46-31(15-7-8-17-16-5-3-4-6-21(16)49-22(17)11-15)47-33(48-32)23-25(35)27(37)24(34(39,40)41)28(38)26(23)36/h3-11H,2H2,1H3/b30-14+. The maximum atomic E-state index is 15.3. The van der Waals surface area contributed by atoms with Crippen molar-refractivity contribution in [2.45, 2.75) is 19.5 Å². The van der Waals surface area contributed by atoms with Crippen LogP contribution >= 0.6 is 0 Å². The third-order valence-electron chi connectivity index (χ3n) is 7.75. The molecule has 1 aliphatic heterocycles. The number of para-hydroxylation sites is 1. The zero-order chi connectivity index (χ0) is 34.8. The number of halogens is 7. The largest absolute Gasteiger partial charge is 0.456 e. The molecule has 0 spiro atoms. The number of furan rings is 1. The molecule has 0 bridgehead atoms. The van der Waals surface area contributed by atoms with Gasteiger partial charge in [-0.15, -0.1) is 0 Å². The summed E-state index contributed by atoms with van der Waals surface area (Å²) >= 11 is 0. The topological polar surface area (TPSA) is 124 Å². The first-order chi connectivity index (χ1) is 23.4. The van der Waals surface area contributed by atoms with Crippen LogP contribution in [-0.2, 0) is 6.18 Å². The average molecular weight is 670 g/mol. The molecular formula is C34H14F7N7O. The molecular weight excluding hydrogens is 655 g/mol. The van der Waals surface area contributed by atoms with E-state index >= 15 is 8.78 Å². The van der Waals surface area contributed by atoms with Gasteiger partial charge in [0.1, 0.15) is 28.2 Å². The van der Waals surface area contributed by atoms with Crippen LogP contribution in [0.4, 0.5) is 30.7 Å². The predicted octanol–water partition coefficient (Wildman–Crippen LogP) is 7.62. The Labute approximate surface area is 269 Å². The van der Waals surface area contributed by atoms with Crippen molar-refractivity contribution >= 4 is 21.9 Å². The molecule has 7 rings (SSSR count). The van der Waals surface area contributed by atoms with Crippen molar-refractivity contribution in [2.75, 3.05) is 0 Å². The summed E-state index contributed by atoms with van der Waals surface area (Å²) in [5.74, 6) is -12.0. The quantitative estimate of drug-likeness (QED) is 0.108. The zero-order valence-electron chi connectivity index (χ0n) is 24.6. The Morgan fingerprint density at radius 1 is 0.776 bits per heavy atom. The van der Waals surface area contributed by atoms with Crippen LogP contribution in [0.25, 0.3) is 56.1 Å². The number of benzene rings is 4. The van der Waals surface area contributed by atoms with Crippen molar-refractivity contribution in [3.05, 3.63) is 111 Å². The normalized spacial score (nSPS) is 13.5. The lowest BCUT2D eigenvalue weighted by Gasteiger charge is -2.14. The summed E-state index contributed by atoms with van der Waals surface area (Å²) in [5, 5.41) is 21.3. The van der Waals surface area contributed by atoms with E-state index in [0.29, 0.717) is 16.6 Å². The van der Waals surface area contributed by atoms with Crippen LogP contribution in [0, 0.1) is 45.9 Å². The number of allylic oxidation sites excluding steroid dienone is 1. The number of aromatic nitrogens is 3. The fourth-order valence-corrected chi connectivity index (χ4v) is 5.43. The lowest BCUT2D eigenvalue weighted by Crippen LogP contribution is -2.25. The molecule has 15 heteroatoms. The Hall–Kier alpha value is -6.48. The molecule has 0 amide bonds. The lowest BCUT2D eigenvalue weighted by molar-refractivity contribution is -0.143. The Bertz CT molecular complexity index is 2640. The minimum atomic E-state index is -5.77. The van der Waals surface area contributed by atoms with Gasteiger partial charge in [-0.1, -0.05) is 31.2 Å². The molecule has 0 fully saturated rings. The molecule has 3 heterocycles. The highest BCUT2D eigenvalue weighted by molar-refractivity contribution is 6.05. The van der Waals surface area contributed by atoms with Gasteiger partial charge in [0.25, 0.3) is 0 Å². The molecule has 0 atom stereocenters. The van der Waals surface area contributed by atoms with Gasteiger partial charge in [0.2, 0.25) is 0 Å². The summed E-state index contributed by atoms with van der Waals surface area (Å²) in [6, 6.07) is 18.4. The summed E-state index contributed by atoms with van der Waals surface area (Å²) in [4.78, 5) is 21.0. The van der Waals surface area contributed by atoms with Crippen LogP contribution < -0.4 is 10.7 Å². The number of alkyl halides is 3. The molecule has 4 aromatic carbocycles. The second-order valence-electron chi connectivity index (χ2n) is 10.6. The summed E-state index contributed by atoms with van der Waals surface area (Å²) in [6.45, 7) is 1.71. The summed E-state index contributed by atoms with van der Waals surface area (Å²) in [5.41, 5.74) is -3.44. The van der Waals surface area contributed by atoms with Crippen LogP contribution in [0.15, 0.2) is 80.4 Å². The SMILES string of the molecule is CC/C(C#N)=C1/N=c2ccc(-c3nc(-c4ccc5c(c4)oc4ccccc45)nc(-c4c(F)c(F)c(C(F)(F)F)c(F)c4F)n3)c(C#N)c2=N1. The van der Waals surface area contributed by atoms with Gasteiger partial charge in [-0.3, -0.25) is 0 Å². The molecule has 0 radical (unpaired) electrons. The first-order valence-corrected chi connectivity index (χ1v) is 14.2.